The van der Waals surface area contributed by atoms with Gasteiger partial charge in [-0.15, -0.1) is 0 Å². The number of urea groups is 1. The standard InChI is InChI=1S/C20H19N3O5/c1-11-8-9-17(27-11)16-10-14(13-6-4-5-7-15(13)22-16)19(25)28-12(2)18(24)23-20(26)21-3/h4-10,12H,1-3H3,(H2,21,23,24,26)/t12-/m1/s1. The predicted octanol–water partition coefficient (Wildman–Crippen LogP) is 2.80. The Bertz CT molecular complexity index is 1060. The molecule has 3 amide bonds. The molecule has 0 saturated heterocycles. The minimum absolute atomic E-state index is 0.245. The second-order valence-corrected chi connectivity index (χ2v) is 6.10. The first kappa shape index (κ1) is 19.1. The van der Waals surface area contributed by atoms with Crippen LogP contribution in [0.15, 0.2) is 46.9 Å². The molecule has 2 aromatic heterocycles. The van der Waals surface area contributed by atoms with Crippen LogP contribution < -0.4 is 10.6 Å². The lowest BCUT2D eigenvalue weighted by molar-refractivity contribution is -0.127. The Morgan fingerprint density at radius 1 is 1.14 bits per heavy atom. The van der Waals surface area contributed by atoms with Gasteiger partial charge < -0.3 is 14.5 Å². The molecule has 144 valence electrons. The van der Waals surface area contributed by atoms with Gasteiger partial charge in [0.05, 0.1) is 11.1 Å². The van der Waals surface area contributed by atoms with Crippen molar-refractivity contribution in [2.75, 3.05) is 7.05 Å². The summed E-state index contributed by atoms with van der Waals surface area (Å²) in [5.74, 6) is -0.202. The number of aromatic nitrogens is 1. The summed E-state index contributed by atoms with van der Waals surface area (Å²) in [5, 5.41) is 4.91. The van der Waals surface area contributed by atoms with Gasteiger partial charge in [-0.2, -0.15) is 0 Å². The van der Waals surface area contributed by atoms with Crippen molar-refractivity contribution < 1.29 is 23.5 Å². The van der Waals surface area contributed by atoms with Gasteiger partial charge in [-0.1, -0.05) is 18.2 Å². The number of hydrogen-bond donors (Lipinski definition) is 2. The van der Waals surface area contributed by atoms with Crippen LogP contribution >= 0.6 is 0 Å². The molecule has 0 unspecified atom stereocenters. The Labute approximate surface area is 160 Å². The zero-order valence-electron chi connectivity index (χ0n) is 15.6. The molecule has 8 heteroatoms. The first-order chi connectivity index (χ1) is 13.4. The average Bonchev–Trinajstić information content (AvgIpc) is 3.13. The van der Waals surface area contributed by atoms with Gasteiger partial charge in [0.2, 0.25) is 0 Å². The van der Waals surface area contributed by atoms with Gasteiger partial charge >= 0.3 is 12.0 Å². The number of para-hydroxylation sites is 1. The lowest BCUT2D eigenvalue weighted by Gasteiger charge is -2.14. The highest BCUT2D eigenvalue weighted by Gasteiger charge is 2.23. The molecule has 0 saturated carbocycles. The van der Waals surface area contributed by atoms with E-state index >= 15 is 0 Å². The van der Waals surface area contributed by atoms with E-state index in [0.717, 1.165) is 0 Å². The third-order valence-corrected chi connectivity index (χ3v) is 4.05. The number of pyridine rings is 1. The number of imide groups is 1. The fourth-order valence-corrected chi connectivity index (χ4v) is 2.60. The summed E-state index contributed by atoms with van der Waals surface area (Å²) in [5.41, 5.74) is 1.30. The van der Waals surface area contributed by atoms with Gasteiger partial charge in [0.25, 0.3) is 5.91 Å². The molecule has 28 heavy (non-hydrogen) atoms. The second-order valence-electron chi connectivity index (χ2n) is 6.10. The van der Waals surface area contributed by atoms with Crippen LogP contribution in [0.5, 0.6) is 0 Å². The van der Waals surface area contributed by atoms with Crippen molar-refractivity contribution in [3.8, 4) is 11.5 Å². The summed E-state index contributed by atoms with van der Waals surface area (Å²) in [6.45, 7) is 3.20. The number of esters is 1. The third kappa shape index (κ3) is 4.01. The van der Waals surface area contributed by atoms with E-state index in [1.807, 2.05) is 6.92 Å². The molecule has 0 fully saturated rings. The van der Waals surface area contributed by atoms with E-state index in [1.165, 1.54) is 14.0 Å². The summed E-state index contributed by atoms with van der Waals surface area (Å²) < 4.78 is 10.9. The Morgan fingerprint density at radius 2 is 1.89 bits per heavy atom. The van der Waals surface area contributed by atoms with Crippen molar-refractivity contribution in [2.45, 2.75) is 20.0 Å². The zero-order valence-corrected chi connectivity index (χ0v) is 15.6. The fourth-order valence-electron chi connectivity index (χ4n) is 2.60. The highest BCUT2D eigenvalue weighted by molar-refractivity contribution is 6.05. The van der Waals surface area contributed by atoms with Gasteiger partial charge in [0, 0.05) is 12.4 Å². The number of nitrogens with one attached hydrogen (secondary N) is 2. The van der Waals surface area contributed by atoms with Crippen molar-refractivity contribution in [3.63, 3.8) is 0 Å². The maximum absolute atomic E-state index is 12.8. The summed E-state index contributed by atoms with van der Waals surface area (Å²) in [7, 11) is 1.38. The van der Waals surface area contributed by atoms with Crippen LogP contribution in [0.1, 0.15) is 23.0 Å². The summed E-state index contributed by atoms with van der Waals surface area (Å²) in [6, 6.07) is 11.5. The van der Waals surface area contributed by atoms with Gasteiger partial charge in [0.1, 0.15) is 11.5 Å². The molecule has 2 N–H and O–H groups in total. The van der Waals surface area contributed by atoms with E-state index in [9.17, 15) is 14.4 Å². The number of furan rings is 1. The number of benzene rings is 1. The quantitative estimate of drug-likeness (QED) is 0.673. The lowest BCUT2D eigenvalue weighted by Crippen LogP contribution is -2.43. The summed E-state index contributed by atoms with van der Waals surface area (Å²) in [6.07, 6.45) is -1.16. The molecule has 0 aliphatic heterocycles. The third-order valence-electron chi connectivity index (χ3n) is 4.05. The number of carbonyl (C=O) groups is 3. The SMILES string of the molecule is CNC(=O)NC(=O)[C@@H](C)OC(=O)c1cc(-c2ccc(C)o2)nc2ccccc12. The van der Waals surface area contributed by atoms with Crippen molar-refractivity contribution in [1.29, 1.82) is 0 Å². The molecular weight excluding hydrogens is 362 g/mol. The minimum atomic E-state index is -1.16. The van der Waals surface area contributed by atoms with Crippen molar-refractivity contribution in [3.05, 3.63) is 53.8 Å². The molecule has 8 nitrogen and oxygen atoms in total. The number of rotatable bonds is 4. The number of carbonyl (C=O) groups excluding carboxylic acids is 3. The molecule has 3 rings (SSSR count). The highest BCUT2D eigenvalue weighted by atomic mass is 16.5. The molecule has 0 spiro atoms. The van der Waals surface area contributed by atoms with E-state index < -0.39 is 24.0 Å². The molecule has 1 atom stereocenters. The largest absolute Gasteiger partial charge is 0.460 e. The van der Waals surface area contributed by atoms with Crippen LogP contribution in [0.3, 0.4) is 0 Å². The van der Waals surface area contributed by atoms with Crippen molar-refractivity contribution in [2.24, 2.45) is 0 Å². The maximum atomic E-state index is 12.8. The van der Waals surface area contributed by atoms with Crippen LogP contribution in [0.25, 0.3) is 22.4 Å². The molecule has 0 radical (unpaired) electrons. The van der Waals surface area contributed by atoms with Crippen LogP contribution in [-0.2, 0) is 9.53 Å². The van der Waals surface area contributed by atoms with Gasteiger partial charge in [0.15, 0.2) is 11.9 Å². The topological polar surface area (TPSA) is 111 Å². The van der Waals surface area contributed by atoms with E-state index in [1.54, 1.807) is 42.5 Å². The Kier molecular flexibility index (Phi) is 5.39. The number of ether oxygens (including phenoxy) is 1. The number of nitrogens with zero attached hydrogens (tertiary/aromatic N) is 1. The maximum Gasteiger partial charge on any atom is 0.339 e. The molecule has 0 aliphatic rings. The van der Waals surface area contributed by atoms with Gasteiger partial charge in [-0.05, 0) is 38.1 Å². The Hall–Kier alpha value is -3.68. The van der Waals surface area contributed by atoms with E-state index in [4.69, 9.17) is 9.15 Å². The predicted molar refractivity (Wildman–Crippen MR) is 102 cm³/mol. The number of hydrogen-bond acceptors (Lipinski definition) is 6. The molecule has 2 heterocycles. The average molecular weight is 381 g/mol. The van der Waals surface area contributed by atoms with Crippen molar-refractivity contribution >= 4 is 28.8 Å². The zero-order chi connectivity index (χ0) is 20.3. The molecule has 0 aliphatic carbocycles. The van der Waals surface area contributed by atoms with Crippen LogP contribution in [0.2, 0.25) is 0 Å². The smallest absolute Gasteiger partial charge is 0.339 e. The van der Waals surface area contributed by atoms with Crippen LogP contribution in [0.4, 0.5) is 4.79 Å². The lowest BCUT2D eigenvalue weighted by atomic mass is 10.1. The van der Waals surface area contributed by atoms with Crippen LogP contribution in [-0.4, -0.2) is 36.0 Å². The first-order valence-electron chi connectivity index (χ1n) is 8.59. The van der Waals surface area contributed by atoms with Gasteiger partial charge in [-0.25, -0.2) is 14.6 Å². The summed E-state index contributed by atoms with van der Waals surface area (Å²) >= 11 is 0. The second kappa shape index (κ2) is 7.91. The molecule has 0 bridgehead atoms. The van der Waals surface area contributed by atoms with E-state index in [2.05, 4.69) is 15.6 Å². The summed E-state index contributed by atoms with van der Waals surface area (Å²) in [4.78, 5) is 40.5. The van der Waals surface area contributed by atoms with Gasteiger partial charge in [-0.3, -0.25) is 10.1 Å². The Balaban J connectivity index is 1.93. The monoisotopic (exact) mass is 381 g/mol. The fraction of sp³-hybridized carbons (Fsp3) is 0.200. The Morgan fingerprint density at radius 3 is 2.57 bits per heavy atom. The van der Waals surface area contributed by atoms with E-state index in [-0.39, 0.29) is 5.56 Å². The molecule has 1 aromatic carbocycles. The minimum Gasteiger partial charge on any atom is -0.460 e. The number of amides is 3. The normalized spacial score (nSPS) is 11.7. The number of aryl methyl sites for hydroxylation is 1. The van der Waals surface area contributed by atoms with Crippen LogP contribution in [0, 0.1) is 6.92 Å². The first-order valence-corrected chi connectivity index (χ1v) is 8.59. The van der Waals surface area contributed by atoms with E-state index in [0.29, 0.717) is 28.1 Å². The molecular formula is C20H19N3O5. The number of fused-ring (bicyclic) bond motifs is 1. The highest BCUT2D eigenvalue weighted by Crippen LogP contribution is 2.27. The van der Waals surface area contributed by atoms with Crippen molar-refractivity contribution in [1.82, 2.24) is 15.6 Å². The molecule has 3 aromatic rings.